The Morgan fingerprint density at radius 3 is 2.69 bits per heavy atom. The average molecular weight is 220 g/mol. The summed E-state index contributed by atoms with van der Waals surface area (Å²) < 4.78 is 3.43. The van der Waals surface area contributed by atoms with E-state index in [1.54, 1.807) is 15.6 Å². The first kappa shape index (κ1) is 10.9. The van der Waals surface area contributed by atoms with Crippen LogP contribution in [0.25, 0.3) is 0 Å². The minimum atomic E-state index is -1.47. The van der Waals surface area contributed by atoms with Gasteiger partial charge in [-0.2, -0.15) is 10.2 Å². The van der Waals surface area contributed by atoms with Crippen molar-refractivity contribution < 1.29 is 10.0 Å². The van der Waals surface area contributed by atoms with Gasteiger partial charge in [0.1, 0.15) is 0 Å². The van der Waals surface area contributed by atoms with E-state index in [-0.39, 0.29) is 0 Å². The summed E-state index contributed by atoms with van der Waals surface area (Å²) in [5.74, 6) is 0. The van der Waals surface area contributed by atoms with Gasteiger partial charge in [-0.05, 0) is 13.0 Å². The highest BCUT2D eigenvalue weighted by Gasteiger charge is 2.13. The van der Waals surface area contributed by atoms with Gasteiger partial charge in [0.2, 0.25) is 0 Å². The molecule has 0 spiro atoms. The Hall–Kier alpha value is -1.60. The molecule has 0 aliphatic heterocycles. The minimum absolute atomic E-state index is 0.388. The highest BCUT2D eigenvalue weighted by atomic mass is 16.4. The van der Waals surface area contributed by atoms with Crippen molar-refractivity contribution in [1.29, 1.82) is 0 Å². The van der Waals surface area contributed by atoms with Gasteiger partial charge in [0.05, 0.1) is 17.9 Å². The molecule has 0 saturated carbocycles. The maximum atomic E-state index is 8.95. The minimum Gasteiger partial charge on any atom is -0.423 e. The van der Waals surface area contributed by atoms with Crippen LogP contribution in [0.2, 0.25) is 0 Å². The number of rotatable bonds is 3. The van der Waals surface area contributed by atoms with Crippen molar-refractivity contribution in [3.63, 3.8) is 0 Å². The molecule has 0 radical (unpaired) electrons. The van der Waals surface area contributed by atoms with Crippen LogP contribution in [0.3, 0.4) is 0 Å². The molecule has 2 aromatic rings. The molecule has 0 aromatic carbocycles. The molecular formula is C9H13BN4O2. The smallest absolute Gasteiger partial charge is 0.423 e. The molecule has 2 N–H and O–H groups in total. The molecule has 0 fully saturated rings. The summed E-state index contributed by atoms with van der Waals surface area (Å²) in [6, 6.07) is 1.97. The molecule has 84 valence electrons. The third-order valence-electron chi connectivity index (χ3n) is 2.37. The Bertz CT molecular complexity index is 491. The Morgan fingerprint density at radius 1 is 1.44 bits per heavy atom. The average Bonchev–Trinajstić information content (AvgIpc) is 2.75. The topological polar surface area (TPSA) is 76.1 Å². The monoisotopic (exact) mass is 220 g/mol. The van der Waals surface area contributed by atoms with Crippen molar-refractivity contribution >= 4 is 12.6 Å². The second-order valence-corrected chi connectivity index (χ2v) is 3.75. The summed E-state index contributed by atoms with van der Waals surface area (Å²) in [7, 11) is 0.398. The third-order valence-corrected chi connectivity index (χ3v) is 2.37. The van der Waals surface area contributed by atoms with Crippen molar-refractivity contribution in [1.82, 2.24) is 19.6 Å². The molecular weight excluding hydrogens is 207 g/mol. The third kappa shape index (κ3) is 2.15. The lowest BCUT2D eigenvalue weighted by atomic mass is 9.83. The summed E-state index contributed by atoms with van der Waals surface area (Å²) in [5, 5.41) is 26.2. The van der Waals surface area contributed by atoms with E-state index >= 15 is 0 Å². The molecule has 0 bridgehead atoms. The molecule has 0 atom stereocenters. The number of aromatic nitrogens is 4. The van der Waals surface area contributed by atoms with Crippen LogP contribution in [-0.2, 0) is 13.6 Å². The summed E-state index contributed by atoms with van der Waals surface area (Å²) in [4.78, 5) is 0. The normalized spacial score (nSPS) is 10.8. The molecule has 0 saturated heterocycles. The van der Waals surface area contributed by atoms with Gasteiger partial charge in [0, 0.05) is 24.9 Å². The van der Waals surface area contributed by atoms with Gasteiger partial charge in [-0.25, -0.2) is 0 Å². The van der Waals surface area contributed by atoms with Crippen molar-refractivity contribution in [3.05, 3.63) is 29.8 Å². The van der Waals surface area contributed by atoms with Gasteiger partial charge in [-0.15, -0.1) is 0 Å². The van der Waals surface area contributed by atoms with E-state index in [0.717, 1.165) is 11.4 Å². The van der Waals surface area contributed by atoms with Crippen LogP contribution in [0.4, 0.5) is 0 Å². The quantitative estimate of drug-likeness (QED) is 0.627. The van der Waals surface area contributed by atoms with Crippen LogP contribution in [0.15, 0.2) is 18.5 Å². The van der Waals surface area contributed by atoms with E-state index in [0.29, 0.717) is 12.0 Å². The van der Waals surface area contributed by atoms with Crippen LogP contribution >= 0.6 is 0 Å². The maximum absolute atomic E-state index is 8.95. The standard InChI is InChI=1S/C9H13BN4O2/c1-7-3-9(13(2)12-7)6-14-5-8(4-11-14)10(15)16/h3-5,15-16H,6H2,1-2H3. The lowest BCUT2D eigenvalue weighted by Crippen LogP contribution is -2.28. The van der Waals surface area contributed by atoms with Crippen molar-refractivity contribution in [3.8, 4) is 0 Å². The Labute approximate surface area is 93.3 Å². The molecule has 0 aliphatic rings. The molecule has 6 nitrogen and oxygen atoms in total. The van der Waals surface area contributed by atoms with Crippen LogP contribution < -0.4 is 5.46 Å². The Balaban J connectivity index is 2.17. The second-order valence-electron chi connectivity index (χ2n) is 3.75. The second kappa shape index (κ2) is 4.11. The highest BCUT2D eigenvalue weighted by molar-refractivity contribution is 6.58. The molecule has 7 heteroatoms. The zero-order valence-corrected chi connectivity index (χ0v) is 9.20. The van der Waals surface area contributed by atoms with Gasteiger partial charge in [-0.1, -0.05) is 0 Å². The largest absolute Gasteiger partial charge is 0.491 e. The lowest BCUT2D eigenvalue weighted by Gasteiger charge is -2.01. The van der Waals surface area contributed by atoms with E-state index in [1.807, 2.05) is 20.0 Å². The number of hydrogen-bond donors (Lipinski definition) is 2. The fraction of sp³-hybridized carbons (Fsp3) is 0.333. The first-order valence-electron chi connectivity index (χ1n) is 4.94. The summed E-state index contributed by atoms with van der Waals surface area (Å²) in [5.41, 5.74) is 2.35. The lowest BCUT2D eigenvalue weighted by molar-refractivity contribution is 0.425. The van der Waals surface area contributed by atoms with Gasteiger partial charge >= 0.3 is 7.12 Å². The van der Waals surface area contributed by atoms with Crippen LogP contribution in [0, 0.1) is 6.92 Å². The first-order chi connectivity index (χ1) is 7.56. The SMILES string of the molecule is Cc1cc(Cn2cc(B(O)O)cn2)n(C)n1. The zero-order chi connectivity index (χ0) is 11.7. The van der Waals surface area contributed by atoms with E-state index in [4.69, 9.17) is 10.0 Å². The van der Waals surface area contributed by atoms with Crippen LogP contribution in [0.5, 0.6) is 0 Å². The molecule has 2 rings (SSSR count). The van der Waals surface area contributed by atoms with Crippen molar-refractivity contribution in [2.24, 2.45) is 7.05 Å². The Kier molecular flexibility index (Phi) is 2.80. The number of aryl methyl sites for hydroxylation is 2. The highest BCUT2D eigenvalue weighted by Crippen LogP contribution is 2.03. The van der Waals surface area contributed by atoms with E-state index < -0.39 is 7.12 Å². The predicted molar refractivity (Wildman–Crippen MR) is 59.1 cm³/mol. The summed E-state index contributed by atoms with van der Waals surface area (Å²) in [6.07, 6.45) is 3.04. The Morgan fingerprint density at radius 2 is 2.19 bits per heavy atom. The summed E-state index contributed by atoms with van der Waals surface area (Å²) in [6.45, 7) is 2.49. The van der Waals surface area contributed by atoms with E-state index in [9.17, 15) is 0 Å². The molecule has 2 aromatic heterocycles. The van der Waals surface area contributed by atoms with Crippen molar-refractivity contribution in [2.45, 2.75) is 13.5 Å². The fourth-order valence-electron chi connectivity index (χ4n) is 1.58. The summed E-state index contributed by atoms with van der Waals surface area (Å²) >= 11 is 0. The van der Waals surface area contributed by atoms with Gasteiger partial charge in [-0.3, -0.25) is 9.36 Å². The maximum Gasteiger partial charge on any atom is 0.491 e. The molecule has 0 amide bonds. The van der Waals surface area contributed by atoms with Gasteiger partial charge < -0.3 is 10.0 Å². The van der Waals surface area contributed by atoms with Gasteiger partial charge in [0.25, 0.3) is 0 Å². The fourth-order valence-corrected chi connectivity index (χ4v) is 1.58. The molecule has 0 aliphatic carbocycles. The molecule has 0 unspecified atom stereocenters. The number of hydrogen-bond acceptors (Lipinski definition) is 4. The van der Waals surface area contributed by atoms with Gasteiger partial charge in [0.15, 0.2) is 0 Å². The zero-order valence-electron chi connectivity index (χ0n) is 9.20. The van der Waals surface area contributed by atoms with Crippen LogP contribution in [0.1, 0.15) is 11.4 Å². The first-order valence-corrected chi connectivity index (χ1v) is 4.94. The van der Waals surface area contributed by atoms with E-state index in [1.165, 1.54) is 6.20 Å². The molecule has 2 heterocycles. The van der Waals surface area contributed by atoms with Crippen LogP contribution in [-0.4, -0.2) is 36.7 Å². The van der Waals surface area contributed by atoms with Crippen molar-refractivity contribution in [2.75, 3.05) is 0 Å². The van der Waals surface area contributed by atoms with E-state index in [2.05, 4.69) is 10.2 Å². The predicted octanol–water partition coefficient (Wildman–Crippen LogP) is -1.35. The molecule has 16 heavy (non-hydrogen) atoms. The number of nitrogens with zero attached hydrogens (tertiary/aromatic N) is 4.